The smallest absolute Gasteiger partial charge is 0.322 e. The fraction of sp³-hybridized carbons (Fsp3) is 0.767. The number of hydrogen-bond donors (Lipinski definition) is 14. The van der Waals surface area contributed by atoms with Gasteiger partial charge in [-0.3, -0.25) is 47.9 Å². The van der Waals surface area contributed by atoms with Crippen molar-refractivity contribution in [2.75, 3.05) is 172 Å². The van der Waals surface area contributed by atoms with Gasteiger partial charge < -0.3 is 131 Å². The Kier molecular flexibility index (Phi) is 44.3. The highest BCUT2D eigenvalue weighted by atomic mass is 32.2. The summed E-state index contributed by atoms with van der Waals surface area (Å²) in [6.07, 6.45) is 7.10. The zero-order valence-electron chi connectivity index (χ0n) is 57.3. The molecule has 4 aliphatic rings. The summed E-state index contributed by atoms with van der Waals surface area (Å²) in [6, 6.07) is -3.67. The van der Waals surface area contributed by atoms with Crippen LogP contribution in [0, 0.1) is 0 Å². The Morgan fingerprint density at radius 2 is 0.898 bits per heavy atom. The summed E-state index contributed by atoms with van der Waals surface area (Å²) in [6.45, 7) is 11.7. The van der Waals surface area contributed by atoms with Crippen LogP contribution in [0.5, 0.6) is 0 Å². The number of aliphatic carboxylic acids is 4. The fourth-order valence-corrected chi connectivity index (χ4v) is 12.1. The van der Waals surface area contributed by atoms with Crippen LogP contribution in [0.3, 0.4) is 0 Å². The third-order valence-corrected chi connectivity index (χ3v) is 17.8. The normalized spacial score (nSPS) is 23.0. The van der Waals surface area contributed by atoms with Crippen LogP contribution in [-0.4, -0.2) is 349 Å². The molecule has 4 rings (SSSR count). The van der Waals surface area contributed by atoms with E-state index in [0.29, 0.717) is 92.0 Å². The third kappa shape index (κ3) is 35.0. The second kappa shape index (κ2) is 48.1. The van der Waals surface area contributed by atoms with E-state index in [0.717, 1.165) is 0 Å². The Morgan fingerprint density at radius 3 is 1.23 bits per heavy atom. The predicted molar refractivity (Wildman–Crippen MR) is 355 cm³/mol. The Hall–Kier alpha value is -5.76. The van der Waals surface area contributed by atoms with Gasteiger partial charge in [0.15, 0.2) is 11.4 Å². The largest absolute Gasteiger partial charge is 0.480 e. The number of ether oxygens (including phenoxy) is 8. The second-order valence-electron chi connectivity index (χ2n) is 23.1. The molecule has 0 aromatic heterocycles. The van der Waals surface area contributed by atoms with Crippen molar-refractivity contribution >= 4 is 82.8 Å². The molecule has 0 spiro atoms. The molecular formula is C60H106N10O26S2. The van der Waals surface area contributed by atoms with Crippen molar-refractivity contribution in [2.45, 2.75) is 124 Å². The zero-order valence-corrected chi connectivity index (χ0v) is 58.9. The molecule has 6 unspecified atom stereocenters. The molecule has 0 aromatic rings. The van der Waals surface area contributed by atoms with Gasteiger partial charge in [-0.15, -0.1) is 11.8 Å². The van der Waals surface area contributed by atoms with Crippen LogP contribution in [0.25, 0.3) is 0 Å². The highest BCUT2D eigenvalue weighted by molar-refractivity contribution is 8.00. The Bertz CT molecular complexity index is 2460. The molecule has 38 heteroatoms. The number of nitrogens with one attached hydrogen (secondary N) is 4. The Balaban J connectivity index is 0.000000698. The molecule has 10 atom stereocenters. The summed E-state index contributed by atoms with van der Waals surface area (Å²) in [5.41, 5.74) is 5.77. The van der Waals surface area contributed by atoms with Crippen LogP contribution in [0.15, 0.2) is 24.3 Å². The van der Waals surface area contributed by atoms with Crippen molar-refractivity contribution in [1.82, 2.24) is 40.9 Å². The third-order valence-electron chi connectivity index (χ3n) is 15.0. The highest BCUT2D eigenvalue weighted by Crippen LogP contribution is 2.37. The van der Waals surface area contributed by atoms with Gasteiger partial charge in [0.2, 0.25) is 35.4 Å². The van der Waals surface area contributed by atoms with E-state index in [1.807, 2.05) is 0 Å². The number of methoxy groups -OCH3 is 4. The molecule has 2 saturated heterocycles. The number of nitrogens with zero attached hydrogens (tertiary/aromatic N) is 4. The van der Waals surface area contributed by atoms with Gasteiger partial charge >= 0.3 is 23.9 Å². The number of carboxylic acid groups (broad SMARTS) is 4. The molecule has 4 aliphatic heterocycles. The molecule has 36 nitrogen and oxygen atoms in total. The highest BCUT2D eigenvalue weighted by Gasteiger charge is 2.49. The maximum absolute atomic E-state index is 12.8. The zero-order chi connectivity index (χ0) is 74.1. The number of nitrogens with two attached hydrogens (primary N) is 2. The molecule has 0 aliphatic carbocycles. The molecule has 16 N–H and O–H groups in total. The van der Waals surface area contributed by atoms with Gasteiger partial charge in [0.1, 0.15) is 36.6 Å². The SMILES string of the molecule is COCCOCCN1C(=O)C(SC[C@H](NCCC[C@H](N)C(=O)O)C(=O)NCC(=O)O)CC1(C)O.COCCOCCN1C(=O)C=CC1(C)O.COCCOCCN1C(=O)C=CC1(C)O.COCCOCCN1C(=O)CC(SC[C@H](NCCC[C@H](N)C(=O)O)C(=O)NCC(=O)O)C1(C)O. The first-order valence-corrected chi connectivity index (χ1v) is 33.7. The van der Waals surface area contributed by atoms with Crippen LogP contribution >= 0.6 is 23.5 Å². The number of thioether (sulfide) groups is 2. The summed E-state index contributed by atoms with van der Waals surface area (Å²) in [5, 5.41) is 86.0. The molecule has 0 aromatic carbocycles. The van der Waals surface area contributed by atoms with Crippen LogP contribution in [-0.2, 0) is 85.8 Å². The lowest BCUT2D eigenvalue weighted by molar-refractivity contribution is -0.145. The number of aliphatic hydroxyl groups is 4. The molecule has 564 valence electrons. The summed E-state index contributed by atoms with van der Waals surface area (Å²) in [7, 11) is 6.30. The van der Waals surface area contributed by atoms with E-state index in [9.17, 15) is 68.4 Å². The first-order valence-electron chi connectivity index (χ1n) is 31.6. The number of hydrogen-bond acceptors (Lipinski definition) is 28. The van der Waals surface area contributed by atoms with E-state index in [2.05, 4.69) is 21.3 Å². The van der Waals surface area contributed by atoms with Crippen molar-refractivity contribution in [3.63, 3.8) is 0 Å². The Labute approximate surface area is 579 Å². The van der Waals surface area contributed by atoms with E-state index in [4.69, 9.17) is 69.8 Å². The first kappa shape index (κ1) is 90.3. The number of amides is 6. The molecule has 6 amide bonds. The molecule has 2 fully saturated rings. The number of rotatable bonds is 48. The van der Waals surface area contributed by atoms with Crippen molar-refractivity contribution in [2.24, 2.45) is 11.5 Å². The lowest BCUT2D eigenvalue weighted by Crippen LogP contribution is -2.51. The molecule has 98 heavy (non-hydrogen) atoms. The van der Waals surface area contributed by atoms with Gasteiger partial charge in [0.05, 0.1) is 102 Å². The molecule has 0 radical (unpaired) electrons. The fourth-order valence-electron chi connectivity index (χ4n) is 9.33. The first-order chi connectivity index (χ1) is 46.1. The lowest BCUT2D eigenvalue weighted by Gasteiger charge is -2.34. The average Bonchev–Trinajstić information content (AvgIpc) is 1.66. The average molecular weight is 1450 g/mol. The van der Waals surface area contributed by atoms with Crippen LogP contribution < -0.4 is 32.7 Å². The summed E-state index contributed by atoms with van der Waals surface area (Å²) < 4.78 is 40.6. The second-order valence-corrected chi connectivity index (χ2v) is 25.5. The minimum Gasteiger partial charge on any atom is -0.480 e. The topological polar surface area (TPSA) is 520 Å². The number of likely N-dealkylation sites (tertiary alicyclic amines) is 2. The van der Waals surface area contributed by atoms with Gasteiger partial charge in [-0.1, -0.05) is 0 Å². The predicted octanol–water partition coefficient (Wildman–Crippen LogP) is -4.40. The van der Waals surface area contributed by atoms with Gasteiger partial charge in [-0.05, 0) is 78.6 Å². The van der Waals surface area contributed by atoms with Crippen molar-refractivity contribution < 1.29 is 127 Å². The van der Waals surface area contributed by atoms with Crippen LogP contribution in [0.1, 0.15) is 66.2 Å². The molecule has 0 saturated carbocycles. The van der Waals surface area contributed by atoms with E-state index in [1.165, 1.54) is 74.4 Å². The van der Waals surface area contributed by atoms with Gasteiger partial charge in [-0.2, -0.15) is 11.8 Å². The number of carbonyl (C=O) groups excluding carboxylic acids is 6. The van der Waals surface area contributed by atoms with E-state index in [-0.39, 0.29) is 100 Å². The Morgan fingerprint density at radius 1 is 0.541 bits per heavy atom. The monoisotopic (exact) mass is 1450 g/mol. The van der Waals surface area contributed by atoms with Crippen LogP contribution in [0.4, 0.5) is 0 Å². The van der Waals surface area contributed by atoms with Crippen molar-refractivity contribution in [3.05, 3.63) is 24.3 Å². The maximum Gasteiger partial charge on any atom is 0.322 e. The van der Waals surface area contributed by atoms with Crippen molar-refractivity contribution in [3.8, 4) is 0 Å². The summed E-state index contributed by atoms with van der Waals surface area (Å²) in [4.78, 5) is 121. The van der Waals surface area contributed by atoms with E-state index < -0.39 is 106 Å². The quantitative estimate of drug-likeness (QED) is 0.0256. The van der Waals surface area contributed by atoms with E-state index >= 15 is 0 Å². The number of carboxylic acids is 4. The lowest BCUT2D eigenvalue weighted by atomic mass is 10.1. The van der Waals surface area contributed by atoms with E-state index in [1.54, 1.807) is 49.2 Å². The summed E-state index contributed by atoms with van der Waals surface area (Å²) >= 11 is 2.41. The molecule has 4 heterocycles. The minimum absolute atomic E-state index is 0.0761. The number of carbonyl (C=O) groups is 10. The van der Waals surface area contributed by atoms with Gasteiger partial charge in [0, 0.05) is 91.1 Å². The summed E-state index contributed by atoms with van der Waals surface area (Å²) in [5.74, 6) is -6.32. The molecular weight excluding hydrogens is 1340 g/mol. The maximum atomic E-state index is 12.8. The van der Waals surface area contributed by atoms with Gasteiger partial charge in [0.25, 0.3) is 0 Å². The standard InChI is InChI=1S/2C20H36N4O9S.2C10H17NO4/c1-20(31)10-15(18(28)24(20)6-7-33-9-8-32-2)34-12-14(17(27)23-11-16(25)26)22-5-3-4-13(21)19(29)30;1-20(31)15(10-16(25)24(20)6-7-33-9-8-32-2)34-12-14(18(28)23-11-17(26)27)22-5-3-4-13(21)19(29)30;2*1-10(13)4-3-9(12)11(10)5-6-15-8-7-14-2/h13-15,22,31H,3-12,21H2,1-2H3,(H,23,27)(H,25,26)(H,29,30);13-15,22,31H,3-12,21H2,1-2H3,(H,23,28)(H,26,27)(H,29,30);2*3-4,13H,5-8H2,1-2H3/t2*13-,14-,15?,20?;;/m00../s1. The van der Waals surface area contributed by atoms with Gasteiger partial charge in [-0.25, -0.2) is 0 Å². The van der Waals surface area contributed by atoms with Crippen LogP contribution in [0.2, 0.25) is 0 Å². The molecule has 0 bridgehead atoms. The van der Waals surface area contributed by atoms with Crippen molar-refractivity contribution in [1.29, 1.82) is 0 Å². The minimum atomic E-state index is -1.46.